The first kappa shape index (κ1) is 20.1. The Morgan fingerprint density at radius 1 is 1.21 bits per heavy atom. The second-order valence-corrected chi connectivity index (χ2v) is 5.55. The van der Waals surface area contributed by atoms with Gasteiger partial charge in [-0.3, -0.25) is 9.59 Å². The number of carbonyl (C=O) groups is 3. The Labute approximate surface area is 149 Å². The van der Waals surface area contributed by atoms with Gasteiger partial charge in [-0.05, 0) is 32.0 Å². The fourth-order valence-electron chi connectivity index (χ4n) is 1.59. The van der Waals surface area contributed by atoms with Crippen LogP contribution in [0.3, 0.4) is 0 Å². The van der Waals surface area contributed by atoms with Gasteiger partial charge >= 0.3 is 5.97 Å². The Morgan fingerprint density at radius 2 is 1.92 bits per heavy atom. The Bertz CT molecular complexity index is 610. The highest BCUT2D eigenvalue weighted by molar-refractivity contribution is 6.35. The van der Waals surface area contributed by atoms with Crippen molar-refractivity contribution in [2.75, 3.05) is 19.8 Å². The zero-order valence-corrected chi connectivity index (χ0v) is 14.7. The molecule has 1 aromatic rings. The fraction of sp³-hybridized carbons (Fsp3) is 0.400. The first-order valence-electron chi connectivity index (χ1n) is 7.14. The molecule has 0 heterocycles. The number of likely N-dealkylation sites (N-methyl/N-ethyl adjacent to an activating group) is 1. The molecule has 2 N–H and O–H groups in total. The maximum atomic E-state index is 11.6. The topological polar surface area (TPSA) is 93.7 Å². The molecule has 0 aliphatic carbocycles. The van der Waals surface area contributed by atoms with Gasteiger partial charge in [0.1, 0.15) is 11.8 Å². The summed E-state index contributed by atoms with van der Waals surface area (Å²) in [6.45, 7) is 2.82. The molecule has 0 saturated heterocycles. The van der Waals surface area contributed by atoms with E-state index in [9.17, 15) is 14.4 Å². The number of ether oxygens (including phenoxy) is 2. The maximum absolute atomic E-state index is 11.6. The lowest BCUT2D eigenvalue weighted by Crippen LogP contribution is -2.46. The zero-order chi connectivity index (χ0) is 18.1. The lowest BCUT2D eigenvalue weighted by Gasteiger charge is -2.13. The summed E-state index contributed by atoms with van der Waals surface area (Å²) < 4.78 is 9.93. The number of rotatable bonds is 8. The molecule has 1 rings (SSSR count). The highest BCUT2D eigenvalue weighted by Gasteiger charge is 2.16. The molecular weight excluding hydrogens is 359 g/mol. The van der Waals surface area contributed by atoms with E-state index in [4.69, 9.17) is 32.7 Å². The van der Waals surface area contributed by atoms with E-state index in [1.807, 2.05) is 0 Å². The van der Waals surface area contributed by atoms with Gasteiger partial charge in [0.15, 0.2) is 13.2 Å². The van der Waals surface area contributed by atoms with E-state index in [0.29, 0.717) is 11.6 Å². The van der Waals surface area contributed by atoms with Crippen molar-refractivity contribution in [3.8, 4) is 5.75 Å². The van der Waals surface area contributed by atoms with Crippen LogP contribution >= 0.6 is 23.2 Å². The van der Waals surface area contributed by atoms with Crippen molar-refractivity contribution >= 4 is 41.0 Å². The monoisotopic (exact) mass is 376 g/mol. The summed E-state index contributed by atoms with van der Waals surface area (Å²) in [5, 5.41) is 5.66. The van der Waals surface area contributed by atoms with E-state index >= 15 is 0 Å². The third kappa shape index (κ3) is 7.06. The van der Waals surface area contributed by atoms with Gasteiger partial charge in [0.05, 0.1) is 5.02 Å². The van der Waals surface area contributed by atoms with Crippen LogP contribution in [0.15, 0.2) is 18.2 Å². The molecule has 0 fully saturated rings. The molecule has 0 radical (unpaired) electrons. The largest absolute Gasteiger partial charge is 0.480 e. The molecule has 0 aliphatic heterocycles. The normalized spacial score (nSPS) is 11.3. The van der Waals surface area contributed by atoms with Crippen LogP contribution in [0.25, 0.3) is 0 Å². The highest BCUT2D eigenvalue weighted by Crippen LogP contribution is 2.27. The molecule has 0 bridgehead atoms. The van der Waals surface area contributed by atoms with Crippen molar-refractivity contribution in [2.24, 2.45) is 0 Å². The van der Waals surface area contributed by atoms with Crippen molar-refractivity contribution in [3.63, 3.8) is 0 Å². The minimum Gasteiger partial charge on any atom is -0.480 e. The van der Waals surface area contributed by atoms with Crippen molar-refractivity contribution in [3.05, 3.63) is 28.2 Å². The zero-order valence-electron chi connectivity index (χ0n) is 13.2. The number of hydrogen-bond donors (Lipinski definition) is 2. The standard InChI is InChI=1S/C15H18Cl2N2O5/c1-3-18-15(22)9(2)19-13(20)7-24-14(21)8-23-12-5-4-10(16)6-11(12)17/h4-6,9H,3,7-8H2,1-2H3,(H,18,22)(H,19,20)/t9-/m0/s1. The smallest absolute Gasteiger partial charge is 0.344 e. The molecule has 9 heteroatoms. The van der Waals surface area contributed by atoms with Crippen LogP contribution in [0.4, 0.5) is 0 Å². The van der Waals surface area contributed by atoms with E-state index in [2.05, 4.69) is 10.6 Å². The van der Waals surface area contributed by atoms with Gasteiger partial charge in [-0.25, -0.2) is 4.79 Å². The number of carbonyl (C=O) groups excluding carboxylic acids is 3. The second-order valence-electron chi connectivity index (χ2n) is 4.71. The van der Waals surface area contributed by atoms with Crippen LogP contribution in [0.5, 0.6) is 5.75 Å². The van der Waals surface area contributed by atoms with Crippen molar-refractivity contribution in [1.29, 1.82) is 0 Å². The predicted molar refractivity (Wildman–Crippen MR) is 89.2 cm³/mol. The minimum absolute atomic E-state index is 0.254. The van der Waals surface area contributed by atoms with Crippen LogP contribution < -0.4 is 15.4 Å². The lowest BCUT2D eigenvalue weighted by atomic mass is 10.3. The van der Waals surface area contributed by atoms with Crippen LogP contribution in [0.2, 0.25) is 10.0 Å². The number of esters is 1. The molecule has 7 nitrogen and oxygen atoms in total. The summed E-state index contributed by atoms with van der Waals surface area (Å²) in [5.41, 5.74) is 0. The molecule has 1 aromatic carbocycles. The first-order valence-corrected chi connectivity index (χ1v) is 7.89. The van der Waals surface area contributed by atoms with E-state index in [1.165, 1.54) is 19.1 Å². The van der Waals surface area contributed by atoms with E-state index in [1.54, 1.807) is 13.0 Å². The third-order valence-electron chi connectivity index (χ3n) is 2.73. The van der Waals surface area contributed by atoms with Crippen LogP contribution in [0, 0.1) is 0 Å². The van der Waals surface area contributed by atoms with Crippen molar-refractivity contribution in [2.45, 2.75) is 19.9 Å². The first-order chi connectivity index (χ1) is 11.3. The molecule has 0 unspecified atom stereocenters. The maximum Gasteiger partial charge on any atom is 0.344 e. The van der Waals surface area contributed by atoms with Gasteiger partial charge in [0.25, 0.3) is 5.91 Å². The number of amides is 2. The summed E-state index contributed by atoms with van der Waals surface area (Å²) in [5.74, 6) is -1.39. The molecule has 24 heavy (non-hydrogen) atoms. The third-order valence-corrected chi connectivity index (χ3v) is 3.26. The average Bonchev–Trinajstić information content (AvgIpc) is 2.52. The Kier molecular flexibility index (Phi) is 8.35. The molecular formula is C15H18Cl2N2O5. The average molecular weight is 377 g/mol. The molecule has 0 aromatic heterocycles. The fourth-order valence-corrected chi connectivity index (χ4v) is 2.06. The lowest BCUT2D eigenvalue weighted by molar-refractivity contribution is -0.150. The number of benzene rings is 1. The number of nitrogens with one attached hydrogen (secondary N) is 2. The number of halogens is 2. The van der Waals surface area contributed by atoms with Gasteiger partial charge < -0.3 is 20.1 Å². The Morgan fingerprint density at radius 3 is 2.54 bits per heavy atom. The predicted octanol–water partition coefficient (Wildman–Crippen LogP) is 1.56. The van der Waals surface area contributed by atoms with Crippen LogP contribution in [0.1, 0.15) is 13.8 Å². The summed E-state index contributed by atoms with van der Waals surface area (Å²) in [6, 6.07) is 3.82. The number of hydrogen-bond acceptors (Lipinski definition) is 5. The van der Waals surface area contributed by atoms with Crippen LogP contribution in [-0.2, 0) is 19.1 Å². The molecule has 0 spiro atoms. The van der Waals surface area contributed by atoms with Gasteiger partial charge in [0, 0.05) is 11.6 Å². The van der Waals surface area contributed by atoms with E-state index < -0.39 is 31.1 Å². The van der Waals surface area contributed by atoms with Gasteiger partial charge in [-0.2, -0.15) is 0 Å². The summed E-state index contributed by atoms with van der Waals surface area (Å²) >= 11 is 11.6. The van der Waals surface area contributed by atoms with Gasteiger partial charge in [0.2, 0.25) is 5.91 Å². The summed E-state index contributed by atoms with van der Waals surface area (Å²) in [7, 11) is 0. The minimum atomic E-state index is -0.748. The molecule has 0 aliphatic rings. The molecule has 1 atom stereocenters. The van der Waals surface area contributed by atoms with E-state index in [-0.39, 0.29) is 16.7 Å². The second kappa shape index (κ2) is 10.00. The highest BCUT2D eigenvalue weighted by atomic mass is 35.5. The Hall–Kier alpha value is -1.99. The van der Waals surface area contributed by atoms with Crippen LogP contribution in [-0.4, -0.2) is 43.6 Å². The molecule has 0 saturated carbocycles. The molecule has 2 amide bonds. The molecule has 132 valence electrons. The van der Waals surface area contributed by atoms with Gasteiger partial charge in [-0.1, -0.05) is 23.2 Å². The Balaban J connectivity index is 2.33. The summed E-state index contributed by atoms with van der Waals surface area (Å²) in [4.78, 5) is 34.6. The van der Waals surface area contributed by atoms with E-state index in [0.717, 1.165) is 0 Å². The van der Waals surface area contributed by atoms with Gasteiger partial charge in [-0.15, -0.1) is 0 Å². The summed E-state index contributed by atoms with van der Waals surface area (Å²) in [6.07, 6.45) is 0. The quantitative estimate of drug-likeness (QED) is 0.671. The van der Waals surface area contributed by atoms with Crippen molar-refractivity contribution in [1.82, 2.24) is 10.6 Å². The van der Waals surface area contributed by atoms with Crippen molar-refractivity contribution < 1.29 is 23.9 Å². The SMILES string of the molecule is CCNC(=O)[C@H](C)NC(=O)COC(=O)COc1ccc(Cl)cc1Cl.